The number of pyridine rings is 1. The Hall–Kier alpha value is -1.65. The zero-order valence-electron chi connectivity index (χ0n) is 13.6. The smallest absolute Gasteiger partial charge is 0.216 e. The zero-order valence-corrected chi connectivity index (χ0v) is 13.6. The Morgan fingerprint density at radius 3 is 2.68 bits per heavy atom. The summed E-state index contributed by atoms with van der Waals surface area (Å²) in [6, 6.07) is 10.5. The maximum atomic E-state index is 5.48. The molecule has 1 aliphatic rings. The summed E-state index contributed by atoms with van der Waals surface area (Å²) >= 11 is 0. The first kappa shape index (κ1) is 15.3. The monoisotopic (exact) mass is 299 g/mol. The zero-order chi connectivity index (χ0) is 15.4. The second-order valence-corrected chi connectivity index (χ2v) is 6.10. The van der Waals surface area contributed by atoms with E-state index in [9.17, 15) is 0 Å². The van der Waals surface area contributed by atoms with Crippen molar-refractivity contribution in [1.29, 1.82) is 0 Å². The molecule has 0 aliphatic carbocycles. The number of rotatable bonds is 5. The first-order chi connectivity index (χ1) is 10.8. The number of likely N-dealkylation sites (N-methyl/N-ethyl adjacent to an activating group) is 1. The second-order valence-electron chi connectivity index (χ2n) is 6.10. The van der Waals surface area contributed by atoms with Crippen LogP contribution < -0.4 is 4.74 Å². The minimum Gasteiger partial charge on any atom is -0.481 e. The van der Waals surface area contributed by atoms with E-state index in [2.05, 4.69) is 40.0 Å². The van der Waals surface area contributed by atoms with Crippen molar-refractivity contribution in [1.82, 2.24) is 14.8 Å². The predicted molar refractivity (Wildman–Crippen MR) is 90.6 cm³/mol. The number of fused-ring (bicyclic) bond motifs is 1. The second kappa shape index (κ2) is 7.07. The molecular weight excluding hydrogens is 274 g/mol. The van der Waals surface area contributed by atoms with Crippen LogP contribution in [0.5, 0.6) is 5.88 Å². The Bertz CT molecular complexity index is 621. The highest BCUT2D eigenvalue weighted by atomic mass is 16.5. The Morgan fingerprint density at radius 2 is 1.91 bits per heavy atom. The summed E-state index contributed by atoms with van der Waals surface area (Å²) in [4.78, 5) is 9.58. The number of aryl methyl sites for hydroxylation is 1. The predicted octanol–water partition coefficient (Wildman–Crippen LogP) is 2.42. The summed E-state index contributed by atoms with van der Waals surface area (Å²) < 4.78 is 5.48. The van der Waals surface area contributed by atoms with E-state index >= 15 is 0 Å². The lowest BCUT2D eigenvalue weighted by atomic mass is 10.1. The molecule has 1 fully saturated rings. The molecular formula is C18H25N3O. The molecule has 0 atom stereocenters. The third-order valence-electron chi connectivity index (χ3n) is 4.47. The van der Waals surface area contributed by atoms with E-state index in [1.807, 2.05) is 12.1 Å². The number of hydrogen-bond donors (Lipinski definition) is 0. The molecule has 0 spiro atoms. The van der Waals surface area contributed by atoms with Crippen LogP contribution in [-0.4, -0.2) is 61.7 Å². The Balaban J connectivity index is 1.63. The van der Waals surface area contributed by atoms with Crippen LogP contribution in [0.2, 0.25) is 0 Å². The molecule has 1 aromatic carbocycles. The molecule has 0 radical (unpaired) electrons. The highest BCUT2D eigenvalue weighted by molar-refractivity contribution is 5.80. The van der Waals surface area contributed by atoms with Crippen LogP contribution in [0.4, 0.5) is 0 Å². The number of hydrogen-bond acceptors (Lipinski definition) is 4. The number of benzene rings is 1. The maximum absolute atomic E-state index is 5.48. The van der Waals surface area contributed by atoms with Gasteiger partial charge in [-0.3, -0.25) is 0 Å². The van der Waals surface area contributed by atoms with Gasteiger partial charge in [0.25, 0.3) is 0 Å². The number of nitrogens with zero attached hydrogens (tertiary/aromatic N) is 3. The summed E-state index contributed by atoms with van der Waals surface area (Å²) in [5, 5.41) is 1.19. The SMILES string of the molecule is COc1nc2ccccc2cc1CCCN1CCN(C)CC1. The lowest BCUT2D eigenvalue weighted by Crippen LogP contribution is -2.44. The molecule has 2 aromatic rings. The van der Waals surface area contributed by atoms with Gasteiger partial charge in [0.2, 0.25) is 5.88 Å². The maximum Gasteiger partial charge on any atom is 0.216 e. The number of piperazine rings is 1. The molecule has 1 saturated heterocycles. The molecule has 118 valence electrons. The van der Waals surface area contributed by atoms with Crippen LogP contribution in [0, 0.1) is 0 Å². The first-order valence-corrected chi connectivity index (χ1v) is 8.10. The van der Waals surface area contributed by atoms with Crippen molar-refractivity contribution < 1.29 is 4.74 Å². The summed E-state index contributed by atoms with van der Waals surface area (Å²) in [7, 11) is 3.91. The quantitative estimate of drug-likeness (QED) is 0.848. The Morgan fingerprint density at radius 1 is 1.14 bits per heavy atom. The van der Waals surface area contributed by atoms with Crippen LogP contribution in [0.25, 0.3) is 10.9 Å². The van der Waals surface area contributed by atoms with E-state index in [1.165, 1.54) is 37.1 Å². The topological polar surface area (TPSA) is 28.6 Å². The fourth-order valence-corrected chi connectivity index (χ4v) is 3.06. The van der Waals surface area contributed by atoms with Gasteiger partial charge in [0.1, 0.15) is 0 Å². The van der Waals surface area contributed by atoms with Crippen LogP contribution in [0.3, 0.4) is 0 Å². The minimum absolute atomic E-state index is 0.775. The van der Waals surface area contributed by atoms with E-state index in [1.54, 1.807) is 7.11 Å². The molecule has 0 saturated carbocycles. The van der Waals surface area contributed by atoms with E-state index in [-0.39, 0.29) is 0 Å². The molecule has 0 amide bonds. The van der Waals surface area contributed by atoms with E-state index < -0.39 is 0 Å². The van der Waals surface area contributed by atoms with Gasteiger partial charge in [0.15, 0.2) is 0 Å². The average Bonchev–Trinajstić information content (AvgIpc) is 2.56. The van der Waals surface area contributed by atoms with Crippen LogP contribution >= 0.6 is 0 Å². The van der Waals surface area contributed by atoms with Gasteiger partial charge >= 0.3 is 0 Å². The van der Waals surface area contributed by atoms with E-state index in [0.29, 0.717) is 0 Å². The molecule has 1 aromatic heterocycles. The number of aromatic nitrogens is 1. The molecule has 0 N–H and O–H groups in total. The number of para-hydroxylation sites is 1. The third kappa shape index (κ3) is 3.57. The summed E-state index contributed by atoms with van der Waals surface area (Å²) in [6.45, 7) is 5.89. The molecule has 22 heavy (non-hydrogen) atoms. The van der Waals surface area contributed by atoms with Crippen molar-refractivity contribution in [3.8, 4) is 5.88 Å². The van der Waals surface area contributed by atoms with Crippen LogP contribution in [0.15, 0.2) is 30.3 Å². The van der Waals surface area contributed by atoms with Crippen molar-refractivity contribution in [3.63, 3.8) is 0 Å². The van der Waals surface area contributed by atoms with E-state index in [0.717, 1.165) is 30.8 Å². The Kier molecular flexibility index (Phi) is 4.90. The van der Waals surface area contributed by atoms with Crippen LogP contribution in [0.1, 0.15) is 12.0 Å². The molecule has 2 heterocycles. The molecule has 4 nitrogen and oxygen atoms in total. The fraction of sp³-hybridized carbons (Fsp3) is 0.500. The summed E-state index contributed by atoms with van der Waals surface area (Å²) in [5.41, 5.74) is 2.22. The van der Waals surface area contributed by atoms with Gasteiger partial charge in [0.05, 0.1) is 12.6 Å². The third-order valence-corrected chi connectivity index (χ3v) is 4.47. The van der Waals surface area contributed by atoms with Gasteiger partial charge in [-0.15, -0.1) is 0 Å². The Labute approximate surface area is 132 Å². The first-order valence-electron chi connectivity index (χ1n) is 8.10. The van der Waals surface area contributed by atoms with Crippen LogP contribution in [-0.2, 0) is 6.42 Å². The van der Waals surface area contributed by atoms with Crippen molar-refractivity contribution in [3.05, 3.63) is 35.9 Å². The minimum atomic E-state index is 0.775. The molecule has 4 heteroatoms. The molecule has 1 aliphatic heterocycles. The van der Waals surface area contributed by atoms with Crippen molar-refractivity contribution in [2.45, 2.75) is 12.8 Å². The van der Waals surface area contributed by atoms with Crippen molar-refractivity contribution in [2.24, 2.45) is 0 Å². The number of ether oxygens (including phenoxy) is 1. The molecule has 3 rings (SSSR count). The van der Waals surface area contributed by atoms with Gasteiger partial charge in [-0.25, -0.2) is 4.98 Å². The molecule has 0 bridgehead atoms. The lowest BCUT2D eigenvalue weighted by Gasteiger charge is -2.32. The van der Waals surface area contributed by atoms with Gasteiger partial charge in [-0.2, -0.15) is 0 Å². The van der Waals surface area contributed by atoms with Crippen molar-refractivity contribution >= 4 is 10.9 Å². The van der Waals surface area contributed by atoms with E-state index in [4.69, 9.17) is 4.74 Å². The molecule has 0 unspecified atom stereocenters. The fourth-order valence-electron chi connectivity index (χ4n) is 3.06. The normalized spacial score (nSPS) is 17.0. The van der Waals surface area contributed by atoms with Gasteiger partial charge < -0.3 is 14.5 Å². The van der Waals surface area contributed by atoms with Crippen molar-refractivity contribution in [2.75, 3.05) is 46.9 Å². The highest BCUT2D eigenvalue weighted by Gasteiger charge is 2.14. The van der Waals surface area contributed by atoms with Gasteiger partial charge in [-0.1, -0.05) is 18.2 Å². The van der Waals surface area contributed by atoms with Gasteiger partial charge in [-0.05, 0) is 38.6 Å². The highest BCUT2D eigenvalue weighted by Crippen LogP contribution is 2.23. The lowest BCUT2D eigenvalue weighted by molar-refractivity contribution is 0.153. The average molecular weight is 299 g/mol. The largest absolute Gasteiger partial charge is 0.481 e. The summed E-state index contributed by atoms with van der Waals surface area (Å²) in [6.07, 6.45) is 2.17. The number of methoxy groups -OCH3 is 1. The summed E-state index contributed by atoms with van der Waals surface area (Å²) in [5.74, 6) is 0.775. The standard InChI is InChI=1S/C18H25N3O/c1-20-10-12-21(13-11-20)9-5-7-16-14-15-6-3-4-8-17(15)19-18(16)22-2/h3-4,6,8,14H,5,7,9-13H2,1-2H3. The van der Waals surface area contributed by atoms with Gasteiger partial charge in [0, 0.05) is 37.1 Å².